The van der Waals surface area contributed by atoms with Crippen LogP contribution in [0.15, 0.2) is 48.8 Å². The van der Waals surface area contributed by atoms with Gasteiger partial charge in [-0.3, -0.25) is 4.98 Å². The van der Waals surface area contributed by atoms with E-state index in [0.29, 0.717) is 39.9 Å². The number of nitrogens with zero attached hydrogens (tertiary/aromatic N) is 7. The summed E-state index contributed by atoms with van der Waals surface area (Å²) in [5, 5.41) is 47.0. The van der Waals surface area contributed by atoms with Crippen molar-refractivity contribution in [1.29, 1.82) is 15.8 Å². The van der Waals surface area contributed by atoms with Gasteiger partial charge in [-0.2, -0.15) is 15.8 Å². The molecule has 1 unspecified atom stereocenters. The van der Waals surface area contributed by atoms with Gasteiger partial charge in [-0.05, 0) is 66.7 Å². The van der Waals surface area contributed by atoms with Gasteiger partial charge in [0, 0.05) is 23.8 Å². The molecule has 0 spiro atoms. The lowest BCUT2D eigenvalue weighted by atomic mass is 9.50. The number of nitrogens with one attached hydrogen (secondary N) is 2. The predicted molar refractivity (Wildman–Crippen MR) is 163 cm³/mol. The molecule has 2 heterocycles. The largest absolute Gasteiger partial charge is 0.383 e. The molecule has 0 radical (unpaired) electrons. The Morgan fingerprint density at radius 2 is 1.81 bits per heavy atom. The van der Waals surface area contributed by atoms with Gasteiger partial charge in [-0.15, -0.1) is 5.10 Å². The van der Waals surface area contributed by atoms with Gasteiger partial charge in [0.1, 0.15) is 17.8 Å². The summed E-state index contributed by atoms with van der Waals surface area (Å²) in [7, 11) is 0. The highest BCUT2D eigenvalue weighted by Gasteiger charge is 2.59. The highest BCUT2D eigenvalue weighted by atomic mass is 15.5. The maximum Gasteiger partial charge on any atom is 0.109 e. The van der Waals surface area contributed by atoms with Crippen molar-refractivity contribution in [2.45, 2.75) is 69.9 Å². The van der Waals surface area contributed by atoms with E-state index >= 15 is 0 Å². The molecule has 2 aromatic heterocycles. The molecular formula is C34H33N9. The summed E-state index contributed by atoms with van der Waals surface area (Å²) in [5.74, 6) is 0.814. The third-order valence-corrected chi connectivity index (χ3v) is 9.35. The van der Waals surface area contributed by atoms with Crippen LogP contribution >= 0.6 is 0 Å². The molecule has 4 fully saturated rings. The topological polar surface area (TPSA) is 139 Å². The third kappa shape index (κ3) is 4.55. The van der Waals surface area contributed by atoms with Crippen molar-refractivity contribution in [3.8, 4) is 18.2 Å². The molecule has 8 rings (SSSR count). The number of nitriles is 3. The Bertz CT molecular complexity index is 1870. The molecule has 214 valence electrons. The van der Waals surface area contributed by atoms with E-state index in [4.69, 9.17) is 0 Å². The van der Waals surface area contributed by atoms with Gasteiger partial charge in [0.2, 0.25) is 0 Å². The van der Waals surface area contributed by atoms with E-state index in [-0.39, 0.29) is 17.0 Å². The van der Waals surface area contributed by atoms with Crippen molar-refractivity contribution in [1.82, 2.24) is 20.0 Å². The molecule has 4 aromatic rings. The summed E-state index contributed by atoms with van der Waals surface area (Å²) in [6.07, 6.45) is 8.77. The van der Waals surface area contributed by atoms with Gasteiger partial charge in [-0.1, -0.05) is 50.3 Å². The summed E-state index contributed by atoms with van der Waals surface area (Å²) in [4.78, 5) is 4.50. The number of rotatable bonds is 8. The van der Waals surface area contributed by atoms with Gasteiger partial charge < -0.3 is 10.6 Å². The van der Waals surface area contributed by atoms with Crippen molar-refractivity contribution < 1.29 is 0 Å². The first-order valence-corrected chi connectivity index (χ1v) is 14.9. The van der Waals surface area contributed by atoms with Crippen LogP contribution in [0.3, 0.4) is 0 Å². The summed E-state index contributed by atoms with van der Waals surface area (Å²) in [5.41, 5.74) is 5.16. The Balaban J connectivity index is 1.33. The van der Waals surface area contributed by atoms with Gasteiger partial charge in [0.25, 0.3) is 0 Å². The van der Waals surface area contributed by atoms with Crippen molar-refractivity contribution in [3.05, 3.63) is 76.7 Å². The summed E-state index contributed by atoms with van der Waals surface area (Å²) in [6, 6.07) is 18.6. The number of fused-ring (bicyclic) bond motifs is 1. The Labute approximate surface area is 251 Å². The fraction of sp³-hybridized carbons (Fsp3) is 0.412. The Morgan fingerprint density at radius 1 is 1.05 bits per heavy atom. The normalized spacial score (nSPS) is 21.8. The molecule has 1 atom stereocenters. The van der Waals surface area contributed by atoms with Crippen LogP contribution in [0.2, 0.25) is 0 Å². The zero-order chi connectivity index (χ0) is 30.0. The smallest absolute Gasteiger partial charge is 0.109 e. The first kappa shape index (κ1) is 26.9. The summed E-state index contributed by atoms with van der Waals surface area (Å²) in [6.45, 7) is 7.02. The Hall–Kier alpha value is -4.94. The molecule has 9 nitrogen and oxygen atoms in total. The Morgan fingerprint density at radius 3 is 2.44 bits per heavy atom. The number of hydrogen-bond acceptors (Lipinski definition) is 8. The molecule has 43 heavy (non-hydrogen) atoms. The maximum atomic E-state index is 10.1. The third-order valence-electron chi connectivity index (χ3n) is 9.35. The molecule has 4 aliphatic carbocycles. The van der Waals surface area contributed by atoms with Crippen molar-refractivity contribution in [3.63, 3.8) is 0 Å². The summed E-state index contributed by atoms with van der Waals surface area (Å²) < 4.78 is 2.04. The van der Waals surface area contributed by atoms with Crippen LogP contribution < -0.4 is 10.6 Å². The highest BCUT2D eigenvalue weighted by molar-refractivity contribution is 5.99. The van der Waals surface area contributed by atoms with E-state index in [9.17, 15) is 15.8 Å². The minimum absolute atomic E-state index is 0.0269. The molecular weight excluding hydrogens is 534 g/mol. The number of hydrogen-bond donors (Lipinski definition) is 2. The lowest BCUT2D eigenvalue weighted by molar-refractivity contribution is -0.0989. The van der Waals surface area contributed by atoms with E-state index in [1.165, 1.54) is 6.20 Å². The number of aromatic nitrogens is 4. The first-order chi connectivity index (χ1) is 20.7. The second-order valence-corrected chi connectivity index (χ2v) is 13.8. The summed E-state index contributed by atoms with van der Waals surface area (Å²) >= 11 is 0. The lowest BCUT2D eigenvalue weighted by Crippen LogP contribution is -2.59. The molecule has 0 aliphatic heterocycles. The average molecular weight is 568 g/mol. The molecule has 2 bridgehead atoms. The maximum absolute atomic E-state index is 10.1. The van der Waals surface area contributed by atoms with Crippen molar-refractivity contribution in [2.24, 2.45) is 11.3 Å². The fourth-order valence-electron chi connectivity index (χ4n) is 6.55. The van der Waals surface area contributed by atoms with E-state index in [1.54, 1.807) is 6.07 Å². The predicted octanol–water partition coefficient (Wildman–Crippen LogP) is 6.29. The number of anilines is 2. The molecule has 2 N–H and O–H groups in total. The Kier molecular flexibility index (Phi) is 5.98. The SMILES string of the molecule is CC(C)(C)CNc1c(C#N)cnc2c(C#N)cc(NC(c3cccc(C4(C#N)CC4)c3)c3cn(C45CC(C4)C5)nn3)cc12. The van der Waals surface area contributed by atoms with Crippen LogP contribution in [-0.2, 0) is 11.0 Å². The van der Waals surface area contributed by atoms with Crippen LogP contribution in [0.5, 0.6) is 0 Å². The highest BCUT2D eigenvalue weighted by Crippen LogP contribution is 2.62. The standard InChI is InChI=1S/C34H33N9/c1-32(2,3)20-39-30-24(16-36)17-38-29-23(15-35)10-26(11-27(29)30)40-31(22-5-4-6-25(9-22)33(19-37)7-8-33)28-18-43(42-41-28)34-12-21(13-34)14-34/h4-6,9-11,17-18,21,31,40H,7-8,12-14,20H2,1-3H3,(H,38,39). The van der Waals surface area contributed by atoms with Crippen molar-refractivity contribution >= 4 is 22.3 Å². The molecule has 0 amide bonds. The van der Waals surface area contributed by atoms with Crippen LogP contribution in [0.4, 0.5) is 11.4 Å². The van der Waals surface area contributed by atoms with Crippen molar-refractivity contribution in [2.75, 3.05) is 17.2 Å². The quantitative estimate of drug-likeness (QED) is 0.253. The zero-order valence-corrected chi connectivity index (χ0v) is 24.6. The second-order valence-electron chi connectivity index (χ2n) is 13.8. The lowest BCUT2D eigenvalue weighted by Gasteiger charge is -2.61. The second kappa shape index (κ2) is 9.54. The molecule has 4 saturated carbocycles. The van der Waals surface area contributed by atoms with Crippen LogP contribution in [-0.4, -0.2) is 26.5 Å². The molecule has 4 aliphatic rings. The van der Waals surface area contributed by atoms with Gasteiger partial charge in [0.05, 0.1) is 51.6 Å². The first-order valence-electron chi connectivity index (χ1n) is 14.9. The van der Waals surface area contributed by atoms with Crippen LogP contribution in [0.1, 0.15) is 86.9 Å². The number of benzene rings is 2. The zero-order valence-electron chi connectivity index (χ0n) is 24.6. The molecule has 0 saturated heterocycles. The van der Waals surface area contributed by atoms with E-state index < -0.39 is 5.41 Å². The monoisotopic (exact) mass is 567 g/mol. The van der Waals surface area contributed by atoms with E-state index in [0.717, 1.165) is 54.8 Å². The van der Waals surface area contributed by atoms with Crippen LogP contribution in [0, 0.1) is 45.3 Å². The van der Waals surface area contributed by atoms with Crippen LogP contribution in [0.25, 0.3) is 10.9 Å². The molecule has 9 heteroatoms. The number of pyridine rings is 1. The fourth-order valence-corrected chi connectivity index (χ4v) is 6.55. The van der Waals surface area contributed by atoms with E-state index in [2.05, 4.69) is 77.2 Å². The van der Waals surface area contributed by atoms with E-state index in [1.807, 2.05) is 28.9 Å². The minimum atomic E-state index is -0.423. The minimum Gasteiger partial charge on any atom is -0.383 e. The average Bonchev–Trinajstić information content (AvgIpc) is 3.62. The van der Waals surface area contributed by atoms with Gasteiger partial charge in [0.15, 0.2) is 0 Å². The molecule has 2 aromatic carbocycles. The van der Waals surface area contributed by atoms with Gasteiger partial charge >= 0.3 is 0 Å². The van der Waals surface area contributed by atoms with Gasteiger partial charge in [-0.25, -0.2) is 4.68 Å².